The smallest absolute Gasteiger partial charge is 0.393 e. The lowest BCUT2D eigenvalue weighted by atomic mass is 9.93. The summed E-state index contributed by atoms with van der Waals surface area (Å²) in [4.78, 5) is 23.5. The summed E-state index contributed by atoms with van der Waals surface area (Å²) in [6.45, 7) is 1.13. The molecular weight excluding hydrogens is 465 g/mol. The number of hydrogen-bond acceptors (Lipinski definition) is 8. The first kappa shape index (κ1) is 23.4. The average molecular weight is 490 g/mol. The summed E-state index contributed by atoms with van der Waals surface area (Å²) in [6, 6.07) is 4.42. The Balaban J connectivity index is 1.44. The summed E-state index contributed by atoms with van der Waals surface area (Å²) in [6.07, 6.45) is -0.867. The maximum Gasteiger partial charge on any atom is 0.393 e. The zero-order chi connectivity index (χ0) is 24.7. The number of carbonyl (C=O) groups is 1. The lowest BCUT2D eigenvalue weighted by molar-refractivity contribution is -0.177. The number of anilines is 3. The number of carbonyl (C=O) groups excluding carboxylic acids is 1. The molecule has 186 valence electrons. The third kappa shape index (κ3) is 4.63. The van der Waals surface area contributed by atoms with Gasteiger partial charge in [-0.15, -0.1) is 0 Å². The number of pyridine rings is 2. The predicted molar refractivity (Wildman–Crippen MR) is 123 cm³/mol. The van der Waals surface area contributed by atoms with Gasteiger partial charge >= 0.3 is 6.18 Å². The Kier molecular flexibility index (Phi) is 6.01. The molecule has 3 atom stereocenters. The van der Waals surface area contributed by atoms with Gasteiger partial charge in [0.05, 0.1) is 30.1 Å². The third-order valence-corrected chi connectivity index (χ3v) is 6.49. The van der Waals surface area contributed by atoms with Crippen molar-refractivity contribution in [2.24, 2.45) is 11.7 Å². The largest absolute Gasteiger partial charge is 0.438 e. The zero-order valence-corrected chi connectivity index (χ0v) is 18.7. The number of halogens is 3. The van der Waals surface area contributed by atoms with E-state index in [1.807, 2.05) is 6.07 Å². The highest BCUT2D eigenvalue weighted by molar-refractivity contribution is 6.15. The highest BCUT2D eigenvalue weighted by Crippen LogP contribution is 2.37. The van der Waals surface area contributed by atoms with Crippen molar-refractivity contribution in [3.8, 4) is 0 Å². The molecule has 0 radical (unpaired) electrons. The Bertz CT molecular complexity index is 1240. The van der Waals surface area contributed by atoms with E-state index in [1.54, 1.807) is 12.1 Å². The van der Waals surface area contributed by atoms with Gasteiger partial charge in [0.1, 0.15) is 11.1 Å². The Morgan fingerprint density at radius 1 is 1.23 bits per heavy atom. The molecule has 5 heterocycles. The predicted octanol–water partition coefficient (Wildman–Crippen LogP) is 3.28. The monoisotopic (exact) mass is 490 g/mol. The first-order chi connectivity index (χ1) is 16.7. The molecule has 5 N–H and O–H groups in total. The standard InChI is InChI=1S/C23H25F3N6O3/c24-23(25,26)13-7-14(27)10-32(9-13)17-3-5-29-8-16(17)31-22(33)19-20-18(35-21(19)28)2-1-15(30-20)12-4-6-34-11-12/h1-3,5,8,12-14H,4,6-7,9-11,27-28H2,(H,31,33). The van der Waals surface area contributed by atoms with Crippen molar-refractivity contribution in [1.82, 2.24) is 9.97 Å². The number of rotatable bonds is 4. The molecule has 5 rings (SSSR count). The van der Waals surface area contributed by atoms with E-state index in [0.29, 0.717) is 30.0 Å². The molecule has 3 aromatic heterocycles. The minimum atomic E-state index is -4.37. The fourth-order valence-corrected chi connectivity index (χ4v) is 4.74. The van der Waals surface area contributed by atoms with Crippen LogP contribution in [-0.4, -0.2) is 54.4 Å². The number of fused-ring (bicyclic) bond motifs is 1. The van der Waals surface area contributed by atoms with Crippen molar-refractivity contribution < 1.29 is 27.1 Å². The van der Waals surface area contributed by atoms with Gasteiger partial charge in [0.15, 0.2) is 5.58 Å². The van der Waals surface area contributed by atoms with Crippen molar-refractivity contribution in [3.63, 3.8) is 0 Å². The van der Waals surface area contributed by atoms with Crippen LogP contribution >= 0.6 is 0 Å². The quantitative estimate of drug-likeness (QED) is 0.508. The van der Waals surface area contributed by atoms with Crippen molar-refractivity contribution >= 4 is 34.3 Å². The summed E-state index contributed by atoms with van der Waals surface area (Å²) in [5.41, 5.74) is 14.1. The van der Waals surface area contributed by atoms with Gasteiger partial charge in [-0.2, -0.15) is 13.2 Å². The maximum atomic E-state index is 13.4. The second kappa shape index (κ2) is 9.00. The molecule has 3 aromatic rings. The topological polar surface area (TPSA) is 133 Å². The molecule has 2 fully saturated rings. The first-order valence-corrected chi connectivity index (χ1v) is 11.3. The number of nitrogens with one attached hydrogen (secondary N) is 1. The van der Waals surface area contributed by atoms with Crippen LogP contribution in [0.2, 0.25) is 0 Å². The van der Waals surface area contributed by atoms with Crippen LogP contribution in [0, 0.1) is 5.92 Å². The van der Waals surface area contributed by atoms with E-state index in [1.165, 1.54) is 17.3 Å². The van der Waals surface area contributed by atoms with Crippen LogP contribution in [0.1, 0.15) is 34.8 Å². The van der Waals surface area contributed by atoms with Crippen LogP contribution in [-0.2, 0) is 4.74 Å². The minimum absolute atomic E-state index is 0.0547. The highest BCUT2D eigenvalue weighted by atomic mass is 19.4. The molecule has 0 spiro atoms. The van der Waals surface area contributed by atoms with Crippen molar-refractivity contribution in [2.45, 2.75) is 31.0 Å². The summed E-state index contributed by atoms with van der Waals surface area (Å²) in [7, 11) is 0. The van der Waals surface area contributed by atoms with Crippen LogP contribution in [0.5, 0.6) is 0 Å². The van der Waals surface area contributed by atoms with Gasteiger partial charge < -0.3 is 30.8 Å². The fraction of sp³-hybridized carbons (Fsp3) is 0.435. The Morgan fingerprint density at radius 3 is 2.80 bits per heavy atom. The molecule has 0 aromatic carbocycles. The number of ether oxygens (including phenoxy) is 1. The van der Waals surface area contributed by atoms with Gasteiger partial charge in [0.2, 0.25) is 5.88 Å². The van der Waals surface area contributed by atoms with Crippen LogP contribution in [0.3, 0.4) is 0 Å². The number of nitrogens with two attached hydrogens (primary N) is 2. The molecule has 0 saturated carbocycles. The zero-order valence-electron chi connectivity index (χ0n) is 18.7. The minimum Gasteiger partial charge on any atom is -0.438 e. The third-order valence-electron chi connectivity index (χ3n) is 6.49. The molecule has 3 unspecified atom stereocenters. The summed E-state index contributed by atoms with van der Waals surface area (Å²) in [5, 5.41) is 2.73. The van der Waals surface area contributed by atoms with Crippen LogP contribution in [0.15, 0.2) is 35.0 Å². The number of furan rings is 1. The Morgan fingerprint density at radius 2 is 2.06 bits per heavy atom. The number of amides is 1. The van der Waals surface area contributed by atoms with Crippen LogP contribution in [0.4, 0.5) is 30.4 Å². The molecule has 2 aliphatic heterocycles. The van der Waals surface area contributed by atoms with E-state index in [9.17, 15) is 18.0 Å². The molecule has 2 aliphatic rings. The van der Waals surface area contributed by atoms with Gasteiger partial charge in [0.25, 0.3) is 5.91 Å². The number of nitrogens with zero attached hydrogens (tertiary/aromatic N) is 3. The molecule has 2 saturated heterocycles. The second-order valence-electron chi connectivity index (χ2n) is 8.97. The van der Waals surface area contributed by atoms with Crippen molar-refractivity contribution in [1.29, 1.82) is 0 Å². The molecule has 0 bridgehead atoms. The van der Waals surface area contributed by atoms with Gasteiger partial charge in [-0.05, 0) is 31.0 Å². The molecule has 9 nitrogen and oxygen atoms in total. The van der Waals surface area contributed by atoms with E-state index in [2.05, 4.69) is 15.3 Å². The Hall–Kier alpha value is -3.38. The number of alkyl halides is 3. The van der Waals surface area contributed by atoms with E-state index in [0.717, 1.165) is 12.1 Å². The molecule has 35 heavy (non-hydrogen) atoms. The second-order valence-corrected chi connectivity index (χ2v) is 8.97. The average Bonchev–Trinajstić information content (AvgIpc) is 3.45. The molecule has 0 aliphatic carbocycles. The fourth-order valence-electron chi connectivity index (χ4n) is 4.74. The van der Waals surface area contributed by atoms with Crippen molar-refractivity contribution in [2.75, 3.05) is 42.3 Å². The highest BCUT2D eigenvalue weighted by Gasteiger charge is 2.44. The van der Waals surface area contributed by atoms with Gasteiger partial charge in [-0.25, -0.2) is 4.98 Å². The van der Waals surface area contributed by atoms with Crippen LogP contribution < -0.4 is 21.7 Å². The molecule has 1 amide bonds. The van der Waals surface area contributed by atoms with E-state index in [-0.39, 0.29) is 42.6 Å². The normalized spacial score (nSPS) is 23.1. The molecule has 12 heteroatoms. The summed E-state index contributed by atoms with van der Waals surface area (Å²) < 4.78 is 51.3. The lowest BCUT2D eigenvalue weighted by Crippen LogP contribution is -2.51. The summed E-state index contributed by atoms with van der Waals surface area (Å²) >= 11 is 0. The maximum absolute atomic E-state index is 13.4. The van der Waals surface area contributed by atoms with Crippen molar-refractivity contribution in [3.05, 3.63) is 41.9 Å². The molecular formula is C23H25F3N6O3. The first-order valence-electron chi connectivity index (χ1n) is 11.3. The number of piperidine rings is 1. The van der Waals surface area contributed by atoms with Gasteiger partial charge in [-0.1, -0.05) is 0 Å². The number of aromatic nitrogens is 2. The van der Waals surface area contributed by atoms with E-state index in [4.69, 9.17) is 20.6 Å². The van der Waals surface area contributed by atoms with E-state index < -0.39 is 24.0 Å². The number of nitrogen functional groups attached to an aromatic ring is 1. The number of hydrogen-bond donors (Lipinski definition) is 3. The van der Waals surface area contributed by atoms with Crippen LogP contribution in [0.25, 0.3) is 11.1 Å². The van der Waals surface area contributed by atoms with E-state index >= 15 is 0 Å². The SMILES string of the molecule is Nc1oc2ccc(C3CCOC3)nc2c1C(=O)Nc1cnccc1N1CC(N)CC(C(F)(F)F)C1. The van der Waals surface area contributed by atoms with Gasteiger partial charge in [0, 0.05) is 43.5 Å². The summed E-state index contributed by atoms with van der Waals surface area (Å²) in [5.74, 6) is -2.16. The lowest BCUT2D eigenvalue weighted by Gasteiger charge is -2.39. The van der Waals surface area contributed by atoms with Gasteiger partial charge in [-0.3, -0.25) is 9.78 Å². The Labute approximate surface area is 198 Å².